The van der Waals surface area contributed by atoms with E-state index in [0.29, 0.717) is 0 Å². The fraction of sp³-hybridized carbons (Fsp3) is 0.0833. The standard InChI is InChI=1S/C24H22/c1-5-11-22(24(6-2)19(3)4)17-16-20-12-10-15-23(18-20)21-13-8-7-9-14-21/h5-15,18H,2-3H2,1,4H3/b11-5-,24-22+. The van der Waals surface area contributed by atoms with Crippen LogP contribution in [0.1, 0.15) is 19.4 Å². The largest absolute Gasteiger partial charge is 0.0984 e. The van der Waals surface area contributed by atoms with Crippen LogP contribution in [0.2, 0.25) is 0 Å². The van der Waals surface area contributed by atoms with Crippen LogP contribution >= 0.6 is 0 Å². The van der Waals surface area contributed by atoms with Gasteiger partial charge in [0.1, 0.15) is 0 Å². The summed E-state index contributed by atoms with van der Waals surface area (Å²) in [5, 5.41) is 0. The molecule has 0 unspecified atom stereocenters. The van der Waals surface area contributed by atoms with Gasteiger partial charge >= 0.3 is 0 Å². The zero-order chi connectivity index (χ0) is 17.4. The fourth-order valence-corrected chi connectivity index (χ4v) is 2.43. The van der Waals surface area contributed by atoms with Gasteiger partial charge in [0.2, 0.25) is 0 Å². The van der Waals surface area contributed by atoms with E-state index < -0.39 is 0 Å². The zero-order valence-electron chi connectivity index (χ0n) is 14.3. The normalized spacial score (nSPS) is 11.4. The molecular weight excluding hydrogens is 288 g/mol. The molecule has 0 fully saturated rings. The number of allylic oxidation sites excluding steroid dienone is 6. The van der Waals surface area contributed by atoms with Crippen LogP contribution in [0.25, 0.3) is 11.1 Å². The second kappa shape index (κ2) is 8.56. The van der Waals surface area contributed by atoms with Crippen molar-refractivity contribution in [2.45, 2.75) is 13.8 Å². The van der Waals surface area contributed by atoms with E-state index in [9.17, 15) is 0 Å². The second-order valence-corrected chi connectivity index (χ2v) is 5.51. The lowest BCUT2D eigenvalue weighted by Crippen LogP contribution is -1.86. The minimum absolute atomic E-state index is 0.935. The summed E-state index contributed by atoms with van der Waals surface area (Å²) in [6, 6.07) is 18.6. The third-order valence-corrected chi connectivity index (χ3v) is 3.60. The summed E-state index contributed by atoms with van der Waals surface area (Å²) in [4.78, 5) is 0. The van der Waals surface area contributed by atoms with Crippen LogP contribution in [0.15, 0.2) is 103 Å². The van der Waals surface area contributed by atoms with Gasteiger partial charge in [-0.25, -0.2) is 0 Å². The summed E-state index contributed by atoms with van der Waals surface area (Å²) in [6.07, 6.45) is 5.79. The number of rotatable bonds is 4. The van der Waals surface area contributed by atoms with Gasteiger partial charge in [-0.1, -0.05) is 85.7 Å². The molecule has 0 spiro atoms. The molecule has 0 radical (unpaired) electrons. The molecule has 0 amide bonds. The average Bonchev–Trinajstić information content (AvgIpc) is 2.61. The van der Waals surface area contributed by atoms with Crippen LogP contribution in [0.4, 0.5) is 0 Å². The van der Waals surface area contributed by atoms with Gasteiger partial charge in [0.25, 0.3) is 0 Å². The van der Waals surface area contributed by atoms with Gasteiger partial charge in [0, 0.05) is 11.1 Å². The van der Waals surface area contributed by atoms with Crippen molar-refractivity contribution < 1.29 is 0 Å². The van der Waals surface area contributed by atoms with E-state index in [4.69, 9.17) is 0 Å². The maximum atomic E-state index is 4.01. The summed E-state index contributed by atoms with van der Waals surface area (Å²) >= 11 is 0. The molecule has 2 aromatic rings. The van der Waals surface area contributed by atoms with E-state index in [1.165, 1.54) is 11.1 Å². The lowest BCUT2D eigenvalue weighted by Gasteiger charge is -2.03. The van der Waals surface area contributed by atoms with Gasteiger partial charge < -0.3 is 0 Å². The van der Waals surface area contributed by atoms with Crippen molar-refractivity contribution in [3.63, 3.8) is 0 Å². The highest BCUT2D eigenvalue weighted by Crippen LogP contribution is 2.20. The predicted molar refractivity (Wildman–Crippen MR) is 106 cm³/mol. The van der Waals surface area contributed by atoms with Crippen molar-refractivity contribution in [1.82, 2.24) is 0 Å². The van der Waals surface area contributed by atoms with Gasteiger partial charge in [-0.3, -0.25) is 0 Å². The molecule has 2 rings (SSSR count). The lowest BCUT2D eigenvalue weighted by molar-refractivity contribution is 1.42. The fourth-order valence-electron chi connectivity index (χ4n) is 2.43. The molecule has 0 aliphatic rings. The smallest absolute Gasteiger partial charge is 0.0320 e. The first-order valence-electron chi connectivity index (χ1n) is 7.98. The number of hydrogen-bond donors (Lipinski definition) is 0. The van der Waals surface area contributed by atoms with Crippen LogP contribution in [0.3, 0.4) is 0 Å². The van der Waals surface area contributed by atoms with Crippen LogP contribution in [0.5, 0.6) is 0 Å². The number of hydrogen-bond acceptors (Lipinski definition) is 0. The van der Waals surface area contributed by atoms with Crippen LogP contribution in [-0.2, 0) is 0 Å². The van der Waals surface area contributed by atoms with Crippen molar-refractivity contribution in [3.8, 4) is 23.0 Å². The Morgan fingerprint density at radius 3 is 2.33 bits per heavy atom. The summed E-state index contributed by atoms with van der Waals surface area (Å²) < 4.78 is 0. The van der Waals surface area contributed by atoms with Crippen molar-refractivity contribution >= 4 is 0 Å². The topological polar surface area (TPSA) is 0 Å². The summed E-state index contributed by atoms with van der Waals surface area (Å²) in [5.41, 5.74) is 6.24. The Morgan fingerprint density at radius 2 is 1.71 bits per heavy atom. The molecule has 0 saturated heterocycles. The quantitative estimate of drug-likeness (QED) is 0.456. The van der Waals surface area contributed by atoms with Crippen molar-refractivity contribution in [2.75, 3.05) is 0 Å². The van der Waals surface area contributed by atoms with Gasteiger partial charge in [0.05, 0.1) is 0 Å². The zero-order valence-corrected chi connectivity index (χ0v) is 14.3. The molecule has 24 heavy (non-hydrogen) atoms. The van der Waals surface area contributed by atoms with Crippen molar-refractivity contribution in [2.24, 2.45) is 0 Å². The molecule has 118 valence electrons. The molecular formula is C24H22. The number of benzene rings is 2. The second-order valence-electron chi connectivity index (χ2n) is 5.51. The Morgan fingerprint density at radius 1 is 1.00 bits per heavy atom. The first kappa shape index (κ1) is 17.3. The Labute approximate surface area is 145 Å². The molecule has 0 atom stereocenters. The van der Waals surface area contributed by atoms with Crippen LogP contribution in [0, 0.1) is 11.8 Å². The average molecular weight is 310 g/mol. The molecule has 0 aromatic heterocycles. The van der Waals surface area contributed by atoms with Crippen LogP contribution in [-0.4, -0.2) is 0 Å². The SMILES string of the molecule is C=C/C(C(=C)C)=C(C#Cc1cccc(-c2ccccc2)c1)/C=C\C. The highest BCUT2D eigenvalue weighted by molar-refractivity contribution is 5.65. The Hall–Kier alpha value is -3.04. The van der Waals surface area contributed by atoms with Gasteiger partial charge in [0.15, 0.2) is 0 Å². The third kappa shape index (κ3) is 4.48. The predicted octanol–water partition coefficient (Wildman–Crippen LogP) is 6.34. The van der Waals surface area contributed by atoms with Gasteiger partial charge in [-0.15, -0.1) is 0 Å². The first-order chi connectivity index (χ1) is 11.7. The molecule has 0 heterocycles. The molecule has 0 bridgehead atoms. The van der Waals surface area contributed by atoms with Gasteiger partial charge in [-0.2, -0.15) is 0 Å². The Balaban J connectivity index is 2.43. The minimum atomic E-state index is 0.935. The minimum Gasteiger partial charge on any atom is -0.0984 e. The maximum absolute atomic E-state index is 4.01. The Bertz CT molecular complexity index is 850. The third-order valence-electron chi connectivity index (χ3n) is 3.60. The summed E-state index contributed by atoms with van der Waals surface area (Å²) in [7, 11) is 0. The van der Waals surface area contributed by atoms with E-state index in [-0.39, 0.29) is 0 Å². The highest BCUT2D eigenvalue weighted by atomic mass is 14.0. The summed E-state index contributed by atoms with van der Waals surface area (Å²) in [6.45, 7) is 11.8. The van der Waals surface area contributed by atoms with E-state index in [0.717, 1.165) is 22.3 Å². The van der Waals surface area contributed by atoms with E-state index in [1.807, 2.05) is 62.4 Å². The Kier molecular flexibility index (Phi) is 6.17. The molecule has 0 nitrogen and oxygen atoms in total. The molecule has 0 N–H and O–H groups in total. The molecule has 0 saturated carbocycles. The van der Waals surface area contributed by atoms with Crippen molar-refractivity contribution in [3.05, 3.63) is 108 Å². The monoisotopic (exact) mass is 310 g/mol. The molecule has 2 aromatic carbocycles. The van der Waals surface area contributed by atoms with E-state index in [2.05, 4.69) is 49.3 Å². The maximum Gasteiger partial charge on any atom is 0.0320 e. The highest BCUT2D eigenvalue weighted by Gasteiger charge is 2.00. The first-order valence-corrected chi connectivity index (χ1v) is 7.98. The van der Waals surface area contributed by atoms with Crippen LogP contribution < -0.4 is 0 Å². The summed E-state index contributed by atoms with van der Waals surface area (Å²) in [5.74, 6) is 6.52. The van der Waals surface area contributed by atoms with Gasteiger partial charge in [-0.05, 0) is 48.3 Å². The molecule has 0 heteroatoms. The van der Waals surface area contributed by atoms with E-state index >= 15 is 0 Å². The van der Waals surface area contributed by atoms with E-state index in [1.54, 1.807) is 0 Å². The molecule has 0 aliphatic carbocycles. The molecule has 0 aliphatic heterocycles. The lowest BCUT2D eigenvalue weighted by atomic mass is 10.0. The van der Waals surface area contributed by atoms with Crippen molar-refractivity contribution in [1.29, 1.82) is 0 Å².